The third-order valence-electron chi connectivity index (χ3n) is 3.83. The Balaban J connectivity index is 1.70. The average molecular weight is 316 g/mol. The normalized spacial score (nSPS) is 17.3. The highest BCUT2D eigenvalue weighted by molar-refractivity contribution is 5.89. The molecule has 0 saturated carbocycles. The fourth-order valence-corrected chi connectivity index (χ4v) is 2.72. The van der Waals surface area contributed by atoms with Gasteiger partial charge in [-0.2, -0.15) is 0 Å². The topological polar surface area (TPSA) is 102 Å². The van der Waals surface area contributed by atoms with Crippen molar-refractivity contribution in [3.05, 3.63) is 51.9 Å². The Labute approximate surface area is 132 Å². The van der Waals surface area contributed by atoms with Crippen molar-refractivity contribution in [3.8, 4) is 0 Å². The van der Waals surface area contributed by atoms with E-state index in [9.17, 15) is 14.9 Å². The van der Waals surface area contributed by atoms with Crippen molar-refractivity contribution in [3.63, 3.8) is 0 Å². The lowest BCUT2D eigenvalue weighted by Gasteiger charge is -2.23. The Morgan fingerprint density at radius 1 is 1.43 bits per heavy atom. The molecule has 1 fully saturated rings. The fraction of sp³-hybridized carbons (Fsp3) is 0.333. The first kappa shape index (κ1) is 15.0. The second kappa shape index (κ2) is 6.07. The number of rotatable bonds is 3. The summed E-state index contributed by atoms with van der Waals surface area (Å²) in [5.41, 5.74) is 1.25. The number of amides is 2. The first-order chi connectivity index (χ1) is 11.0. The lowest BCUT2D eigenvalue weighted by molar-refractivity contribution is -0.384. The number of likely N-dealkylation sites (tertiary alicyclic amines) is 1. The van der Waals surface area contributed by atoms with Gasteiger partial charge in [-0.1, -0.05) is 5.16 Å². The van der Waals surface area contributed by atoms with Gasteiger partial charge in [-0.25, -0.2) is 4.79 Å². The molecule has 120 valence electrons. The highest BCUT2D eigenvalue weighted by Gasteiger charge is 2.32. The maximum absolute atomic E-state index is 12.4. The van der Waals surface area contributed by atoms with Gasteiger partial charge in [0.2, 0.25) is 0 Å². The molecule has 1 aliphatic heterocycles. The van der Waals surface area contributed by atoms with E-state index in [0.717, 1.165) is 18.5 Å². The predicted octanol–water partition coefficient (Wildman–Crippen LogP) is 3.26. The predicted molar refractivity (Wildman–Crippen MR) is 82.0 cm³/mol. The lowest BCUT2D eigenvalue weighted by Crippen LogP contribution is -2.34. The molecule has 0 bridgehead atoms. The molecular weight excluding hydrogens is 300 g/mol. The zero-order valence-corrected chi connectivity index (χ0v) is 12.6. The monoisotopic (exact) mass is 316 g/mol. The minimum absolute atomic E-state index is 0.0138. The van der Waals surface area contributed by atoms with Gasteiger partial charge < -0.3 is 14.7 Å². The van der Waals surface area contributed by atoms with Crippen LogP contribution in [-0.4, -0.2) is 27.6 Å². The maximum Gasteiger partial charge on any atom is 0.322 e. The summed E-state index contributed by atoms with van der Waals surface area (Å²) in [6.07, 6.45) is 1.73. The molecule has 8 nitrogen and oxygen atoms in total. The van der Waals surface area contributed by atoms with Gasteiger partial charge in [0.05, 0.1) is 11.0 Å². The molecule has 8 heteroatoms. The van der Waals surface area contributed by atoms with E-state index in [1.165, 1.54) is 24.3 Å². The molecule has 2 heterocycles. The van der Waals surface area contributed by atoms with E-state index >= 15 is 0 Å². The highest BCUT2D eigenvalue weighted by atomic mass is 16.6. The van der Waals surface area contributed by atoms with Crippen molar-refractivity contribution in [2.75, 3.05) is 11.9 Å². The summed E-state index contributed by atoms with van der Waals surface area (Å²) in [5.74, 6) is 0.711. The van der Waals surface area contributed by atoms with Crippen molar-refractivity contribution < 1.29 is 14.2 Å². The maximum atomic E-state index is 12.4. The van der Waals surface area contributed by atoms with Gasteiger partial charge in [-0.05, 0) is 31.9 Å². The van der Waals surface area contributed by atoms with E-state index in [1.807, 2.05) is 13.0 Å². The minimum Gasteiger partial charge on any atom is -0.361 e. The summed E-state index contributed by atoms with van der Waals surface area (Å²) < 4.78 is 5.09. The number of nitro groups is 1. The molecule has 0 aliphatic carbocycles. The second-order valence-electron chi connectivity index (χ2n) is 5.45. The van der Waals surface area contributed by atoms with Crippen LogP contribution in [0.25, 0.3) is 0 Å². The summed E-state index contributed by atoms with van der Waals surface area (Å²) in [5, 5.41) is 17.4. The fourth-order valence-electron chi connectivity index (χ4n) is 2.72. The number of benzene rings is 1. The number of carbonyl (C=O) groups is 1. The molecule has 1 N–H and O–H groups in total. The van der Waals surface area contributed by atoms with E-state index in [-0.39, 0.29) is 17.8 Å². The van der Waals surface area contributed by atoms with E-state index in [0.29, 0.717) is 18.0 Å². The molecule has 0 unspecified atom stereocenters. The average Bonchev–Trinajstić information content (AvgIpc) is 3.16. The number of urea groups is 1. The van der Waals surface area contributed by atoms with Crippen LogP contribution in [-0.2, 0) is 0 Å². The number of nitrogens with zero attached hydrogens (tertiary/aromatic N) is 3. The highest BCUT2D eigenvalue weighted by Crippen LogP contribution is 2.32. The second-order valence-corrected chi connectivity index (χ2v) is 5.45. The van der Waals surface area contributed by atoms with E-state index in [2.05, 4.69) is 10.5 Å². The largest absolute Gasteiger partial charge is 0.361 e. The first-order valence-corrected chi connectivity index (χ1v) is 7.30. The van der Waals surface area contributed by atoms with Gasteiger partial charge in [-0.15, -0.1) is 0 Å². The summed E-state index contributed by atoms with van der Waals surface area (Å²) in [6, 6.07) is 7.23. The zero-order valence-electron chi connectivity index (χ0n) is 12.6. The van der Waals surface area contributed by atoms with Crippen LogP contribution in [0.15, 0.2) is 34.9 Å². The SMILES string of the molecule is Cc1cc([C@@H]2CCCN2C(=O)Nc2ccc([N+](=O)[O-])cc2)no1. The number of nitro benzene ring substituents is 1. The van der Waals surface area contributed by atoms with E-state index in [4.69, 9.17) is 4.52 Å². The Hall–Kier alpha value is -2.90. The van der Waals surface area contributed by atoms with Crippen molar-refractivity contribution >= 4 is 17.4 Å². The number of aromatic nitrogens is 1. The molecule has 0 spiro atoms. The smallest absolute Gasteiger partial charge is 0.322 e. The van der Waals surface area contributed by atoms with Crippen molar-refractivity contribution in [1.82, 2.24) is 10.1 Å². The molecule has 1 aromatic heterocycles. The molecule has 1 aromatic carbocycles. The molecule has 1 atom stereocenters. The summed E-state index contributed by atoms with van der Waals surface area (Å²) in [4.78, 5) is 24.3. The van der Waals surface area contributed by atoms with E-state index < -0.39 is 4.92 Å². The first-order valence-electron chi connectivity index (χ1n) is 7.30. The number of nitrogens with one attached hydrogen (secondary N) is 1. The molecule has 1 aliphatic rings. The minimum atomic E-state index is -0.477. The van der Waals surface area contributed by atoms with Crippen LogP contribution in [0.3, 0.4) is 0 Å². The Kier molecular flexibility index (Phi) is 3.96. The van der Waals surface area contributed by atoms with Crippen LogP contribution in [0.2, 0.25) is 0 Å². The van der Waals surface area contributed by atoms with Gasteiger partial charge in [0.1, 0.15) is 11.5 Å². The molecule has 0 radical (unpaired) electrons. The van der Waals surface area contributed by atoms with E-state index in [1.54, 1.807) is 4.90 Å². The third kappa shape index (κ3) is 3.15. The Morgan fingerprint density at radius 2 is 2.17 bits per heavy atom. The van der Waals surface area contributed by atoms with Crippen LogP contribution < -0.4 is 5.32 Å². The van der Waals surface area contributed by atoms with Crippen LogP contribution in [0.4, 0.5) is 16.2 Å². The van der Waals surface area contributed by atoms with Crippen LogP contribution in [0.5, 0.6) is 0 Å². The van der Waals surface area contributed by atoms with Gasteiger partial charge in [0.25, 0.3) is 5.69 Å². The molecule has 1 saturated heterocycles. The standard InChI is InChI=1S/C15H16N4O4/c1-10-9-13(17-23-10)14-3-2-8-18(14)15(20)16-11-4-6-12(7-5-11)19(21)22/h4-7,9,14H,2-3,8H2,1H3,(H,16,20)/t14-/m0/s1. The Bertz CT molecular complexity index is 725. The quantitative estimate of drug-likeness (QED) is 0.691. The summed E-state index contributed by atoms with van der Waals surface area (Å²) >= 11 is 0. The third-order valence-corrected chi connectivity index (χ3v) is 3.83. The van der Waals surface area contributed by atoms with Crippen molar-refractivity contribution in [2.24, 2.45) is 0 Å². The van der Waals surface area contributed by atoms with Crippen LogP contribution >= 0.6 is 0 Å². The number of hydrogen-bond acceptors (Lipinski definition) is 5. The summed E-state index contributed by atoms with van der Waals surface area (Å²) in [6.45, 7) is 2.45. The Morgan fingerprint density at radius 3 is 2.78 bits per heavy atom. The van der Waals surface area contributed by atoms with Gasteiger partial charge in [0.15, 0.2) is 0 Å². The van der Waals surface area contributed by atoms with Crippen molar-refractivity contribution in [2.45, 2.75) is 25.8 Å². The molecule has 3 rings (SSSR count). The number of aryl methyl sites for hydroxylation is 1. The van der Waals surface area contributed by atoms with Crippen LogP contribution in [0, 0.1) is 17.0 Å². The number of non-ortho nitro benzene ring substituents is 1. The molecule has 2 aromatic rings. The molecule has 2 amide bonds. The van der Waals surface area contributed by atoms with Crippen LogP contribution in [0.1, 0.15) is 30.3 Å². The summed E-state index contributed by atoms with van der Waals surface area (Å²) in [7, 11) is 0. The molecular formula is C15H16N4O4. The van der Waals surface area contributed by atoms with Gasteiger partial charge in [-0.3, -0.25) is 10.1 Å². The lowest BCUT2D eigenvalue weighted by atomic mass is 10.1. The number of anilines is 1. The number of carbonyl (C=O) groups excluding carboxylic acids is 1. The zero-order chi connectivity index (χ0) is 16.4. The van der Waals surface area contributed by atoms with Crippen molar-refractivity contribution in [1.29, 1.82) is 0 Å². The molecule has 23 heavy (non-hydrogen) atoms. The van der Waals surface area contributed by atoms with Gasteiger partial charge >= 0.3 is 6.03 Å². The number of hydrogen-bond donors (Lipinski definition) is 1. The van der Waals surface area contributed by atoms with Gasteiger partial charge in [0, 0.05) is 30.4 Å².